The van der Waals surface area contributed by atoms with E-state index in [9.17, 15) is 9.59 Å². The van der Waals surface area contributed by atoms with Crippen LogP contribution in [0.25, 0.3) is 6.08 Å². The van der Waals surface area contributed by atoms with Gasteiger partial charge in [-0.05, 0) is 93.7 Å². The van der Waals surface area contributed by atoms with Crippen LogP contribution < -0.4 is 19.6 Å². The van der Waals surface area contributed by atoms with E-state index in [1.54, 1.807) is 43.0 Å². The molecule has 0 spiro atoms. The molecule has 0 N–H and O–H groups in total. The zero-order chi connectivity index (χ0) is 30.0. The second-order valence-electron chi connectivity index (χ2n) is 9.17. The lowest BCUT2D eigenvalue weighted by atomic mass is 9.94. The maximum Gasteiger partial charge on any atom is 0.338 e. The van der Waals surface area contributed by atoms with Crippen LogP contribution in [0.4, 0.5) is 0 Å². The first-order valence-corrected chi connectivity index (χ1v) is 16.3. The van der Waals surface area contributed by atoms with Crippen LogP contribution >= 0.6 is 55.0 Å². The largest absolute Gasteiger partial charge is 0.496 e. The van der Waals surface area contributed by atoms with Gasteiger partial charge in [0.25, 0.3) is 5.56 Å². The van der Waals surface area contributed by atoms with Gasteiger partial charge in [-0.1, -0.05) is 30.7 Å². The van der Waals surface area contributed by atoms with Crippen LogP contribution in [0.1, 0.15) is 49.7 Å². The number of carbonyl (C=O) groups excluding carboxylic acids is 1. The highest BCUT2D eigenvalue weighted by atomic mass is 79.9. The second-order valence-corrected chi connectivity index (χ2v) is 12.8. The Morgan fingerprint density at radius 2 is 2.02 bits per heavy atom. The van der Waals surface area contributed by atoms with Gasteiger partial charge in [-0.25, -0.2) is 19.8 Å². The maximum absolute atomic E-state index is 14.0. The highest BCUT2D eigenvalue weighted by Gasteiger charge is 2.34. The molecule has 0 amide bonds. The van der Waals surface area contributed by atoms with Gasteiger partial charge in [-0.3, -0.25) is 9.36 Å². The van der Waals surface area contributed by atoms with Gasteiger partial charge in [0.05, 0.1) is 44.5 Å². The van der Waals surface area contributed by atoms with Crippen molar-refractivity contribution in [3.8, 4) is 5.75 Å². The molecule has 0 fully saturated rings. The van der Waals surface area contributed by atoms with E-state index in [-0.39, 0.29) is 12.2 Å². The lowest BCUT2D eigenvalue weighted by Crippen LogP contribution is -2.40. The Hall–Kier alpha value is -3.00. The molecule has 0 aliphatic carbocycles. The van der Waals surface area contributed by atoms with Crippen molar-refractivity contribution in [3.63, 3.8) is 0 Å². The van der Waals surface area contributed by atoms with Crippen molar-refractivity contribution in [2.75, 3.05) is 13.7 Å². The molecule has 0 radical (unpaired) electrons. The summed E-state index contributed by atoms with van der Waals surface area (Å²) >= 11 is 9.62. The fraction of sp³-hybridized carbons (Fsp3) is 0.276. The highest BCUT2D eigenvalue weighted by molar-refractivity contribution is 9.10. The number of ether oxygens (including phenoxy) is 2. The fourth-order valence-corrected chi connectivity index (χ4v) is 7.36. The van der Waals surface area contributed by atoms with E-state index in [4.69, 9.17) is 18.9 Å². The number of methoxy groups -OCH3 is 1. The number of carbonyl (C=O) groups is 1. The molecule has 1 aliphatic heterocycles. The summed E-state index contributed by atoms with van der Waals surface area (Å²) in [6.07, 6.45) is 4.70. The van der Waals surface area contributed by atoms with Crippen molar-refractivity contribution in [1.29, 1.82) is 0 Å². The Kier molecular flexibility index (Phi) is 9.50. The van der Waals surface area contributed by atoms with Crippen molar-refractivity contribution in [3.05, 3.63) is 93.4 Å². The Labute approximate surface area is 266 Å². The number of aryl methyl sites for hydroxylation is 1. The molecule has 0 saturated heterocycles. The molecule has 5 rings (SSSR count). The molecular weight excluding hydrogens is 708 g/mol. The van der Waals surface area contributed by atoms with Crippen LogP contribution in [0.15, 0.2) is 81.2 Å². The molecular formula is C29H26Br2N4O5S2. The molecule has 9 nitrogen and oxygen atoms in total. The topological polar surface area (TPSA) is 109 Å². The van der Waals surface area contributed by atoms with Crippen molar-refractivity contribution in [2.24, 2.45) is 4.99 Å². The van der Waals surface area contributed by atoms with Gasteiger partial charge in [0.15, 0.2) is 15.1 Å². The summed E-state index contributed by atoms with van der Waals surface area (Å²) < 4.78 is 20.3. The third kappa shape index (κ3) is 6.19. The van der Waals surface area contributed by atoms with Crippen LogP contribution in [0, 0.1) is 6.92 Å². The quantitative estimate of drug-likeness (QED) is 0.153. The first-order valence-electron chi connectivity index (χ1n) is 13.1. The summed E-state index contributed by atoms with van der Waals surface area (Å²) in [5.74, 6) is 0.616. The molecule has 0 unspecified atom stereocenters. The third-order valence-corrected chi connectivity index (χ3v) is 9.61. The fourth-order valence-electron chi connectivity index (χ4n) is 4.49. The molecule has 13 heteroatoms. The molecule has 4 aromatic rings. The zero-order valence-corrected chi connectivity index (χ0v) is 27.9. The molecule has 1 atom stereocenters. The van der Waals surface area contributed by atoms with E-state index >= 15 is 0 Å². The van der Waals surface area contributed by atoms with Gasteiger partial charge >= 0.3 is 5.97 Å². The average Bonchev–Trinajstić information content (AvgIpc) is 3.45. The van der Waals surface area contributed by atoms with E-state index in [0.717, 1.165) is 17.7 Å². The molecule has 218 valence electrons. The smallest absolute Gasteiger partial charge is 0.338 e. The minimum Gasteiger partial charge on any atom is -0.496 e. The molecule has 4 heterocycles. The SMILES string of the molecule is CCCC1=C(C(=O)OCC)[C@@H](c2ccc(OC)c(Br)c2)n2c(s/c(=C/c3cc(Br)c(Sc4nccc(C)n4)o3)c2=O)=N1. The van der Waals surface area contributed by atoms with Gasteiger partial charge < -0.3 is 13.9 Å². The first-order chi connectivity index (χ1) is 20.2. The van der Waals surface area contributed by atoms with Gasteiger partial charge in [-0.2, -0.15) is 0 Å². The number of hydrogen-bond acceptors (Lipinski definition) is 10. The number of rotatable bonds is 9. The predicted molar refractivity (Wildman–Crippen MR) is 168 cm³/mol. The van der Waals surface area contributed by atoms with E-state index in [1.807, 2.05) is 32.0 Å². The van der Waals surface area contributed by atoms with E-state index < -0.39 is 12.0 Å². The summed E-state index contributed by atoms with van der Waals surface area (Å²) in [4.78, 5) is 41.4. The van der Waals surface area contributed by atoms with Crippen molar-refractivity contribution < 1.29 is 18.7 Å². The maximum atomic E-state index is 14.0. The molecule has 0 saturated carbocycles. The zero-order valence-electron chi connectivity index (χ0n) is 23.1. The lowest BCUT2D eigenvalue weighted by Gasteiger charge is -2.26. The summed E-state index contributed by atoms with van der Waals surface area (Å²) in [5.41, 5.74) is 2.24. The Balaban J connectivity index is 1.65. The van der Waals surface area contributed by atoms with Gasteiger partial charge in [0.2, 0.25) is 0 Å². The monoisotopic (exact) mass is 732 g/mol. The molecule has 42 heavy (non-hydrogen) atoms. The van der Waals surface area contributed by atoms with Crippen molar-refractivity contribution in [1.82, 2.24) is 14.5 Å². The summed E-state index contributed by atoms with van der Waals surface area (Å²) in [5, 5.41) is 1.12. The van der Waals surface area contributed by atoms with Crippen molar-refractivity contribution >= 4 is 67.0 Å². The van der Waals surface area contributed by atoms with E-state index in [2.05, 4.69) is 41.8 Å². The number of nitrogens with zero attached hydrogens (tertiary/aromatic N) is 4. The number of fused-ring (bicyclic) bond motifs is 1. The van der Waals surface area contributed by atoms with Crippen LogP contribution in [0.3, 0.4) is 0 Å². The number of furan rings is 1. The number of thiazole rings is 1. The summed E-state index contributed by atoms with van der Waals surface area (Å²) in [7, 11) is 1.58. The average molecular weight is 734 g/mol. The highest BCUT2D eigenvalue weighted by Crippen LogP contribution is 2.37. The number of aromatic nitrogens is 3. The van der Waals surface area contributed by atoms with Gasteiger partial charge in [0, 0.05) is 18.0 Å². The minimum absolute atomic E-state index is 0.201. The standard InChI is InChI=1S/C29H26Br2N4O5S2/c1-5-7-20-23(26(37)39-6-2)24(16-8-9-21(38-4)18(30)12-16)35-25(36)22(41-29(35)34-20)14-17-13-19(31)27(40-17)42-28-32-11-10-15(3)33-28/h8-14,24H,5-7H2,1-4H3/b22-14+/t24-/m1/s1. The van der Waals surface area contributed by atoms with Crippen molar-refractivity contribution in [2.45, 2.75) is 49.9 Å². The number of halogens is 2. The Morgan fingerprint density at radius 1 is 1.21 bits per heavy atom. The lowest BCUT2D eigenvalue weighted by molar-refractivity contribution is -0.139. The number of esters is 1. The normalized spacial score (nSPS) is 15.0. The summed E-state index contributed by atoms with van der Waals surface area (Å²) in [6, 6.07) is 8.38. The first kappa shape index (κ1) is 30.5. The van der Waals surface area contributed by atoms with Crippen LogP contribution in [-0.2, 0) is 9.53 Å². The minimum atomic E-state index is -0.737. The number of hydrogen-bond donors (Lipinski definition) is 0. The molecule has 1 aliphatic rings. The third-order valence-electron chi connectivity index (χ3n) is 6.29. The Morgan fingerprint density at radius 3 is 2.71 bits per heavy atom. The summed E-state index contributed by atoms with van der Waals surface area (Å²) in [6.45, 7) is 5.87. The number of allylic oxidation sites excluding steroid dienone is 1. The Bertz CT molecular complexity index is 1880. The van der Waals surface area contributed by atoms with Crippen LogP contribution in [0.2, 0.25) is 0 Å². The number of benzene rings is 1. The van der Waals surface area contributed by atoms with Gasteiger partial charge in [-0.15, -0.1) is 0 Å². The van der Waals surface area contributed by atoms with Crippen LogP contribution in [-0.4, -0.2) is 34.2 Å². The second kappa shape index (κ2) is 13.1. The molecule has 1 aromatic carbocycles. The predicted octanol–water partition coefficient (Wildman–Crippen LogP) is 5.95. The van der Waals surface area contributed by atoms with E-state index in [0.29, 0.717) is 57.7 Å². The van der Waals surface area contributed by atoms with Gasteiger partial charge in [0.1, 0.15) is 11.5 Å². The molecule has 0 bridgehead atoms. The van der Waals surface area contributed by atoms with E-state index in [1.165, 1.54) is 23.1 Å². The van der Waals surface area contributed by atoms with Crippen LogP contribution in [0.5, 0.6) is 5.75 Å². The molecule has 3 aromatic heterocycles.